The first-order valence-electron chi connectivity index (χ1n) is 7.20. The maximum atomic E-state index is 12.1. The number of carbonyl (C=O) groups is 1. The Balaban J connectivity index is 0.00000264. The van der Waals surface area contributed by atoms with Gasteiger partial charge in [-0.2, -0.15) is 0 Å². The Kier molecular flexibility index (Phi) is 8.27. The second-order valence-electron chi connectivity index (χ2n) is 5.16. The molecule has 0 aliphatic rings. The molecule has 0 bridgehead atoms. The van der Waals surface area contributed by atoms with E-state index in [4.69, 9.17) is 5.73 Å². The molecular weight excluding hydrogens is 340 g/mol. The van der Waals surface area contributed by atoms with Crippen LogP contribution in [-0.2, 0) is 39.5 Å². The van der Waals surface area contributed by atoms with Crippen LogP contribution in [0.4, 0.5) is 0 Å². The van der Waals surface area contributed by atoms with Gasteiger partial charge in [0.05, 0.1) is 12.1 Å². The van der Waals surface area contributed by atoms with Gasteiger partial charge >= 0.3 is 0 Å². The average Bonchev–Trinajstić information content (AvgIpc) is 2.56. The van der Waals surface area contributed by atoms with Crippen molar-refractivity contribution in [2.45, 2.75) is 24.9 Å². The molecule has 2 aromatic rings. The van der Waals surface area contributed by atoms with E-state index in [9.17, 15) is 9.59 Å². The molecule has 0 fully saturated rings. The number of nitrogens with two attached hydrogens (primary N) is 1. The Bertz CT molecular complexity index is 605. The molecule has 0 heterocycles. The van der Waals surface area contributed by atoms with Crippen LogP contribution in [0.2, 0.25) is 0 Å². The Morgan fingerprint density at radius 2 is 1.43 bits per heavy atom. The molecule has 5 heteroatoms. The van der Waals surface area contributed by atoms with Gasteiger partial charge in [-0.15, -0.1) is 0 Å². The Morgan fingerprint density at radius 1 is 0.957 bits per heavy atom. The number of rotatable bonds is 7. The summed E-state index contributed by atoms with van der Waals surface area (Å²) in [7, 11) is 0. The first-order valence-corrected chi connectivity index (χ1v) is 7.20. The third kappa shape index (κ3) is 6.37. The molecule has 2 aromatic carbocycles. The number of carbonyl (C=O) groups excluding carboxylic acids is 2. The fraction of sp³-hybridized carbons (Fsp3) is 0.222. The van der Waals surface area contributed by atoms with Gasteiger partial charge in [0.15, 0.2) is 0 Å². The average molecular weight is 359 g/mol. The predicted molar refractivity (Wildman–Crippen MR) is 85.9 cm³/mol. The SMILES string of the molecule is NC(Cc1ccccc1)C(=O)NC([C]=O)Cc1ccccc1.[Cu]. The van der Waals surface area contributed by atoms with Gasteiger partial charge in [-0.25, -0.2) is 0 Å². The molecule has 3 N–H and O–H groups in total. The summed E-state index contributed by atoms with van der Waals surface area (Å²) in [5.41, 5.74) is 7.86. The summed E-state index contributed by atoms with van der Waals surface area (Å²) in [4.78, 5) is 23.1. The predicted octanol–water partition coefficient (Wildman–Crippen LogP) is 1.39. The zero-order valence-electron chi connectivity index (χ0n) is 12.5. The molecule has 124 valence electrons. The minimum atomic E-state index is -0.686. The van der Waals surface area contributed by atoms with Gasteiger partial charge < -0.3 is 11.1 Å². The van der Waals surface area contributed by atoms with Gasteiger partial charge in [-0.05, 0) is 17.5 Å². The zero-order chi connectivity index (χ0) is 15.8. The van der Waals surface area contributed by atoms with E-state index in [1.54, 1.807) is 0 Å². The molecule has 0 aliphatic heterocycles. The van der Waals surface area contributed by atoms with E-state index in [-0.39, 0.29) is 23.0 Å². The molecule has 0 aliphatic carbocycles. The van der Waals surface area contributed by atoms with Crippen LogP contribution in [0.5, 0.6) is 0 Å². The molecule has 4 nitrogen and oxygen atoms in total. The van der Waals surface area contributed by atoms with Crippen molar-refractivity contribution in [1.29, 1.82) is 0 Å². The first kappa shape index (κ1) is 19.1. The fourth-order valence-corrected chi connectivity index (χ4v) is 2.21. The molecule has 0 aromatic heterocycles. The summed E-state index contributed by atoms with van der Waals surface area (Å²) < 4.78 is 0. The minimum absolute atomic E-state index is 0. The van der Waals surface area contributed by atoms with Gasteiger partial charge in [-0.1, -0.05) is 60.7 Å². The van der Waals surface area contributed by atoms with Crippen LogP contribution in [0.25, 0.3) is 0 Å². The van der Waals surface area contributed by atoms with E-state index < -0.39 is 12.1 Å². The van der Waals surface area contributed by atoms with Crippen molar-refractivity contribution in [3.05, 3.63) is 71.8 Å². The molecule has 0 saturated heterocycles. The molecule has 23 heavy (non-hydrogen) atoms. The second kappa shape index (κ2) is 9.95. The smallest absolute Gasteiger partial charge is 0.237 e. The van der Waals surface area contributed by atoms with Gasteiger partial charge in [-0.3, -0.25) is 9.59 Å². The molecule has 1 amide bonds. The summed E-state index contributed by atoms with van der Waals surface area (Å²) in [6, 6.07) is 17.7. The van der Waals surface area contributed by atoms with E-state index >= 15 is 0 Å². The van der Waals surface area contributed by atoms with Crippen LogP contribution in [0, 0.1) is 0 Å². The molecule has 2 rings (SSSR count). The Labute approximate surface area is 146 Å². The number of hydrogen-bond donors (Lipinski definition) is 2. The van der Waals surface area contributed by atoms with E-state index in [0.29, 0.717) is 12.8 Å². The van der Waals surface area contributed by atoms with Gasteiger partial charge in [0.25, 0.3) is 0 Å². The molecule has 0 saturated carbocycles. The third-order valence-corrected chi connectivity index (χ3v) is 3.38. The van der Waals surface area contributed by atoms with Crippen molar-refractivity contribution in [3.8, 4) is 0 Å². The third-order valence-electron chi connectivity index (χ3n) is 3.38. The fourth-order valence-electron chi connectivity index (χ4n) is 2.21. The number of amides is 1. The van der Waals surface area contributed by atoms with Crippen molar-refractivity contribution >= 4 is 12.2 Å². The van der Waals surface area contributed by atoms with E-state index in [1.165, 1.54) is 0 Å². The van der Waals surface area contributed by atoms with Crippen LogP contribution in [0.1, 0.15) is 11.1 Å². The number of hydrogen-bond acceptors (Lipinski definition) is 3. The summed E-state index contributed by atoms with van der Waals surface area (Å²) in [5, 5.41) is 2.65. The summed E-state index contributed by atoms with van der Waals surface area (Å²) in [6.45, 7) is 0. The van der Waals surface area contributed by atoms with Crippen LogP contribution < -0.4 is 11.1 Å². The van der Waals surface area contributed by atoms with E-state index in [0.717, 1.165) is 11.1 Å². The topological polar surface area (TPSA) is 72.2 Å². The Morgan fingerprint density at radius 3 is 1.91 bits per heavy atom. The quantitative estimate of drug-likeness (QED) is 0.735. The maximum Gasteiger partial charge on any atom is 0.237 e. The largest absolute Gasteiger partial charge is 0.344 e. The number of benzene rings is 2. The van der Waals surface area contributed by atoms with Crippen molar-refractivity contribution in [1.82, 2.24) is 5.32 Å². The monoisotopic (exact) mass is 358 g/mol. The number of nitrogens with one attached hydrogen (secondary N) is 1. The van der Waals surface area contributed by atoms with Crippen LogP contribution in [0.3, 0.4) is 0 Å². The van der Waals surface area contributed by atoms with Crippen molar-refractivity contribution < 1.29 is 26.7 Å². The second-order valence-corrected chi connectivity index (χ2v) is 5.16. The molecule has 2 atom stereocenters. The van der Waals surface area contributed by atoms with E-state index in [2.05, 4.69) is 5.32 Å². The summed E-state index contributed by atoms with van der Waals surface area (Å²) in [5.74, 6) is -0.340. The standard InChI is InChI=1S/C18H19N2O2.Cu/c19-17(12-15-9-5-2-6-10-15)18(22)20-16(13-21)11-14-7-3-1-4-8-14;/h1-10,16-17H,11-12,19H2,(H,20,22);. The zero-order valence-corrected chi connectivity index (χ0v) is 13.5. The molecule has 0 spiro atoms. The van der Waals surface area contributed by atoms with Crippen molar-refractivity contribution in [2.75, 3.05) is 0 Å². The summed E-state index contributed by atoms with van der Waals surface area (Å²) >= 11 is 0. The molecular formula is C18H19CuN2O2. The van der Waals surface area contributed by atoms with Crippen LogP contribution in [0.15, 0.2) is 60.7 Å². The van der Waals surface area contributed by atoms with Crippen LogP contribution >= 0.6 is 0 Å². The van der Waals surface area contributed by atoms with Crippen molar-refractivity contribution in [2.24, 2.45) is 5.73 Å². The Hall–Kier alpha value is -1.94. The van der Waals surface area contributed by atoms with Crippen molar-refractivity contribution in [3.63, 3.8) is 0 Å². The van der Waals surface area contributed by atoms with Gasteiger partial charge in [0.2, 0.25) is 12.2 Å². The van der Waals surface area contributed by atoms with E-state index in [1.807, 2.05) is 66.9 Å². The van der Waals surface area contributed by atoms with Crippen LogP contribution in [-0.4, -0.2) is 24.3 Å². The van der Waals surface area contributed by atoms with Gasteiger partial charge in [0, 0.05) is 23.5 Å². The maximum absolute atomic E-state index is 12.1. The normalized spacial score (nSPS) is 12.6. The van der Waals surface area contributed by atoms with Gasteiger partial charge in [0.1, 0.15) is 0 Å². The summed E-state index contributed by atoms with van der Waals surface area (Å²) in [6.07, 6.45) is 2.71. The molecule has 2 unspecified atom stereocenters. The molecule has 2 radical (unpaired) electrons. The minimum Gasteiger partial charge on any atom is -0.344 e. The first-order chi connectivity index (χ1) is 10.7.